The van der Waals surface area contributed by atoms with E-state index in [-0.39, 0.29) is 25.2 Å². The molecule has 0 N–H and O–H groups in total. The van der Waals surface area contributed by atoms with E-state index in [0.29, 0.717) is 19.4 Å². The standard InChI is InChI=1S/C63H114O5/c1-4-7-10-13-16-19-22-25-28-31-32-34-35-38-41-44-47-50-53-56-62(64)67-60-61(59-66-58-55-52-49-46-43-40-37-30-27-24-21-18-15-12-9-6-3)68-63(65)57-54-51-48-45-42-39-36-33-29-26-23-20-17-14-11-8-5-2/h9,12,17-18,20-21,26-27,29-30,61H,4-8,10-11,13-16,19,22-25,28,31-60H2,1-3H3/b12-9-,20-17-,21-18-,29-26-,30-27-. The van der Waals surface area contributed by atoms with E-state index in [1.807, 2.05) is 0 Å². The van der Waals surface area contributed by atoms with Crippen molar-refractivity contribution in [2.24, 2.45) is 0 Å². The molecule has 0 saturated carbocycles. The average molecular weight is 952 g/mol. The summed E-state index contributed by atoms with van der Waals surface area (Å²) in [6.45, 7) is 7.71. The molecule has 0 aliphatic carbocycles. The van der Waals surface area contributed by atoms with Crippen LogP contribution in [-0.2, 0) is 23.8 Å². The molecule has 0 radical (unpaired) electrons. The summed E-state index contributed by atoms with van der Waals surface area (Å²) in [4.78, 5) is 25.6. The van der Waals surface area contributed by atoms with E-state index in [1.165, 1.54) is 193 Å². The minimum Gasteiger partial charge on any atom is -0.462 e. The Kier molecular flexibility index (Phi) is 56.8. The van der Waals surface area contributed by atoms with Gasteiger partial charge in [-0.2, -0.15) is 0 Å². The molecule has 0 bridgehead atoms. The summed E-state index contributed by atoms with van der Waals surface area (Å²) in [5, 5.41) is 0. The van der Waals surface area contributed by atoms with Crippen LogP contribution in [0, 0.1) is 0 Å². The van der Waals surface area contributed by atoms with Gasteiger partial charge in [-0.05, 0) is 83.5 Å². The lowest BCUT2D eigenvalue weighted by atomic mass is 10.0. The Bertz CT molecular complexity index is 1170. The van der Waals surface area contributed by atoms with E-state index in [0.717, 1.165) is 77.0 Å². The first kappa shape index (κ1) is 65.6. The summed E-state index contributed by atoms with van der Waals surface area (Å²) in [5.74, 6) is -0.399. The topological polar surface area (TPSA) is 61.8 Å². The van der Waals surface area contributed by atoms with E-state index in [9.17, 15) is 9.59 Å². The van der Waals surface area contributed by atoms with Crippen LogP contribution < -0.4 is 0 Å². The van der Waals surface area contributed by atoms with Crippen LogP contribution in [0.1, 0.15) is 303 Å². The molecular formula is C63H114O5. The number of hydrogen-bond acceptors (Lipinski definition) is 5. The molecule has 0 amide bonds. The monoisotopic (exact) mass is 951 g/mol. The highest BCUT2D eigenvalue weighted by Gasteiger charge is 2.17. The molecule has 0 aromatic rings. The number of carbonyl (C=O) groups is 2. The van der Waals surface area contributed by atoms with Crippen LogP contribution in [0.25, 0.3) is 0 Å². The maximum atomic E-state index is 12.9. The Balaban J connectivity index is 4.27. The highest BCUT2D eigenvalue weighted by atomic mass is 16.6. The Hall–Kier alpha value is -2.40. The van der Waals surface area contributed by atoms with Crippen LogP contribution in [0.15, 0.2) is 60.8 Å². The fourth-order valence-corrected chi connectivity index (χ4v) is 8.62. The van der Waals surface area contributed by atoms with Gasteiger partial charge in [0.15, 0.2) is 6.10 Å². The van der Waals surface area contributed by atoms with Crippen molar-refractivity contribution in [3.8, 4) is 0 Å². The molecule has 0 aliphatic heterocycles. The van der Waals surface area contributed by atoms with Gasteiger partial charge in [0, 0.05) is 19.4 Å². The lowest BCUT2D eigenvalue weighted by Crippen LogP contribution is -2.30. The van der Waals surface area contributed by atoms with E-state index >= 15 is 0 Å². The molecule has 5 nitrogen and oxygen atoms in total. The van der Waals surface area contributed by atoms with Gasteiger partial charge in [0.1, 0.15) is 6.61 Å². The second kappa shape index (κ2) is 58.9. The Morgan fingerprint density at radius 1 is 0.338 bits per heavy atom. The van der Waals surface area contributed by atoms with Crippen molar-refractivity contribution in [3.63, 3.8) is 0 Å². The summed E-state index contributed by atoms with van der Waals surface area (Å²) < 4.78 is 17.5. The molecule has 0 saturated heterocycles. The first-order valence-electron chi connectivity index (χ1n) is 29.8. The quantitative estimate of drug-likeness (QED) is 0.0345. The minimum absolute atomic E-state index is 0.0790. The minimum atomic E-state index is -0.547. The van der Waals surface area contributed by atoms with E-state index in [4.69, 9.17) is 14.2 Å². The highest BCUT2D eigenvalue weighted by molar-refractivity contribution is 5.70. The van der Waals surface area contributed by atoms with Gasteiger partial charge in [0.25, 0.3) is 0 Å². The number of ether oxygens (including phenoxy) is 3. The third-order valence-corrected chi connectivity index (χ3v) is 13.0. The first-order chi connectivity index (χ1) is 33.6. The Labute approximate surface area is 424 Å². The third kappa shape index (κ3) is 56.2. The van der Waals surface area contributed by atoms with Crippen LogP contribution >= 0.6 is 0 Å². The lowest BCUT2D eigenvalue weighted by molar-refractivity contribution is -0.163. The molecule has 68 heavy (non-hydrogen) atoms. The van der Waals surface area contributed by atoms with Crippen molar-refractivity contribution < 1.29 is 23.8 Å². The highest BCUT2D eigenvalue weighted by Crippen LogP contribution is 2.16. The number of carbonyl (C=O) groups excluding carboxylic acids is 2. The molecule has 0 heterocycles. The Morgan fingerprint density at radius 3 is 1.09 bits per heavy atom. The molecule has 0 aliphatic rings. The smallest absolute Gasteiger partial charge is 0.306 e. The van der Waals surface area contributed by atoms with Crippen molar-refractivity contribution >= 4 is 11.9 Å². The first-order valence-corrected chi connectivity index (χ1v) is 29.8. The number of hydrogen-bond donors (Lipinski definition) is 0. The van der Waals surface area contributed by atoms with Crippen molar-refractivity contribution in [1.29, 1.82) is 0 Å². The van der Waals surface area contributed by atoms with Crippen LogP contribution in [0.2, 0.25) is 0 Å². The molecule has 1 atom stereocenters. The van der Waals surface area contributed by atoms with Crippen molar-refractivity contribution in [1.82, 2.24) is 0 Å². The zero-order valence-electron chi connectivity index (χ0n) is 45.6. The molecule has 396 valence electrons. The molecule has 5 heteroatoms. The summed E-state index contributed by atoms with van der Waals surface area (Å²) >= 11 is 0. The van der Waals surface area contributed by atoms with Gasteiger partial charge in [-0.15, -0.1) is 0 Å². The van der Waals surface area contributed by atoms with Gasteiger partial charge in [-0.25, -0.2) is 0 Å². The van der Waals surface area contributed by atoms with Gasteiger partial charge < -0.3 is 14.2 Å². The van der Waals surface area contributed by atoms with E-state index < -0.39 is 6.10 Å². The van der Waals surface area contributed by atoms with Gasteiger partial charge in [0.05, 0.1) is 6.61 Å². The van der Waals surface area contributed by atoms with Crippen molar-refractivity contribution in [3.05, 3.63) is 60.8 Å². The molecule has 1 unspecified atom stereocenters. The molecule has 0 aromatic heterocycles. The fourth-order valence-electron chi connectivity index (χ4n) is 8.62. The number of rotatable bonds is 55. The molecule has 0 aromatic carbocycles. The van der Waals surface area contributed by atoms with E-state index in [2.05, 4.69) is 81.5 Å². The third-order valence-electron chi connectivity index (χ3n) is 13.0. The van der Waals surface area contributed by atoms with Gasteiger partial charge >= 0.3 is 11.9 Å². The molecule has 0 fully saturated rings. The van der Waals surface area contributed by atoms with Crippen molar-refractivity contribution in [2.45, 2.75) is 309 Å². The fraction of sp³-hybridized carbons (Fsp3) is 0.810. The number of allylic oxidation sites excluding steroid dienone is 10. The predicted molar refractivity (Wildman–Crippen MR) is 298 cm³/mol. The molecular weight excluding hydrogens is 837 g/mol. The van der Waals surface area contributed by atoms with Gasteiger partial charge in [0.2, 0.25) is 0 Å². The van der Waals surface area contributed by atoms with Crippen molar-refractivity contribution in [2.75, 3.05) is 19.8 Å². The summed E-state index contributed by atoms with van der Waals surface area (Å²) in [6.07, 6.45) is 75.3. The van der Waals surface area contributed by atoms with E-state index in [1.54, 1.807) is 0 Å². The predicted octanol–water partition coefficient (Wildman–Crippen LogP) is 20.5. The zero-order valence-corrected chi connectivity index (χ0v) is 45.6. The van der Waals surface area contributed by atoms with Crippen LogP contribution in [0.4, 0.5) is 0 Å². The SMILES string of the molecule is CC/C=C\C/C=C\C/C=C\CCCCCCCCOCC(COC(=O)CCCCCCCCCCCCCCCCCCCCC)OC(=O)CCCCCCCCC/C=C\C/C=C\CCCCC. The molecule has 0 rings (SSSR count). The second-order valence-electron chi connectivity index (χ2n) is 19.9. The summed E-state index contributed by atoms with van der Waals surface area (Å²) in [7, 11) is 0. The summed E-state index contributed by atoms with van der Waals surface area (Å²) in [5.41, 5.74) is 0. The maximum absolute atomic E-state index is 12.9. The molecule has 0 spiro atoms. The summed E-state index contributed by atoms with van der Waals surface area (Å²) in [6, 6.07) is 0. The normalized spacial score (nSPS) is 12.6. The average Bonchev–Trinajstić information content (AvgIpc) is 3.34. The number of esters is 2. The van der Waals surface area contributed by atoms with Gasteiger partial charge in [-0.3, -0.25) is 9.59 Å². The maximum Gasteiger partial charge on any atom is 0.306 e. The largest absolute Gasteiger partial charge is 0.462 e. The number of unbranched alkanes of at least 4 members (excludes halogenated alkanes) is 34. The second-order valence-corrected chi connectivity index (χ2v) is 19.9. The lowest BCUT2D eigenvalue weighted by Gasteiger charge is -2.18. The van der Waals surface area contributed by atoms with Crippen LogP contribution in [0.5, 0.6) is 0 Å². The Morgan fingerprint density at radius 2 is 0.662 bits per heavy atom. The van der Waals surface area contributed by atoms with Crippen LogP contribution in [-0.4, -0.2) is 37.9 Å². The zero-order chi connectivity index (χ0) is 49.2. The van der Waals surface area contributed by atoms with Gasteiger partial charge in [-0.1, -0.05) is 268 Å². The van der Waals surface area contributed by atoms with Crippen LogP contribution in [0.3, 0.4) is 0 Å².